The molecule has 2 aliphatic heterocycles. The number of carbonyl (C=O) groups is 3. The van der Waals surface area contributed by atoms with E-state index in [2.05, 4.69) is 0 Å². The summed E-state index contributed by atoms with van der Waals surface area (Å²) < 4.78 is 16.6. The van der Waals surface area contributed by atoms with Crippen LogP contribution in [-0.4, -0.2) is 59.8 Å². The van der Waals surface area contributed by atoms with Crippen LogP contribution in [0.15, 0.2) is 54.3 Å². The fraction of sp³-hybridized carbons (Fsp3) is 0.458. The molecule has 2 heterocycles. The first-order valence-corrected chi connectivity index (χ1v) is 10.8. The van der Waals surface area contributed by atoms with Crippen LogP contribution in [0.1, 0.15) is 44.3 Å². The van der Waals surface area contributed by atoms with E-state index in [4.69, 9.17) is 19.3 Å². The normalized spacial score (nSPS) is 25.0. The number of cyclic esters (lactones) is 1. The molecule has 0 aliphatic carbocycles. The van der Waals surface area contributed by atoms with Crippen molar-refractivity contribution >= 4 is 17.8 Å². The van der Waals surface area contributed by atoms with Gasteiger partial charge in [-0.25, -0.2) is 9.69 Å². The van der Waals surface area contributed by atoms with Crippen molar-refractivity contribution in [1.82, 2.24) is 4.90 Å². The maximum Gasteiger partial charge on any atom is 0.417 e. The van der Waals surface area contributed by atoms with E-state index in [1.54, 1.807) is 13.0 Å². The Morgan fingerprint density at radius 2 is 1.91 bits per heavy atom. The molecule has 1 N–H and O–H groups in total. The standard InChI is InChI=1S/C24H29NO7/c1-16-20(17-10-6-5-7-11-17)32-24(29)25(16)23(28)22(30-2)21-19(27)14-13-18(31-21)12-8-3-4-9-15-26/h5-7,10-14,16,20-22,26H,3-4,8-9,15H2,1-2H3/t16-,20-,21+,22-/m0/s1. The first kappa shape index (κ1) is 23.7. The number of hydrogen-bond donors (Lipinski definition) is 1. The highest BCUT2D eigenvalue weighted by Gasteiger charge is 2.48. The largest absolute Gasteiger partial charge is 0.479 e. The van der Waals surface area contributed by atoms with Gasteiger partial charge in [-0.05, 0) is 50.0 Å². The molecule has 1 aromatic carbocycles. The van der Waals surface area contributed by atoms with Gasteiger partial charge in [-0.3, -0.25) is 9.59 Å². The summed E-state index contributed by atoms with van der Waals surface area (Å²) in [6, 6.07) is 8.59. The average molecular weight is 443 g/mol. The zero-order chi connectivity index (χ0) is 23.1. The van der Waals surface area contributed by atoms with Crippen LogP contribution in [0.3, 0.4) is 0 Å². The molecular formula is C24H29NO7. The third-order valence-corrected chi connectivity index (χ3v) is 5.57. The number of ether oxygens (including phenoxy) is 3. The Bertz CT molecular complexity index is 880. The van der Waals surface area contributed by atoms with Gasteiger partial charge in [0, 0.05) is 13.7 Å². The lowest BCUT2D eigenvalue weighted by atomic mass is 10.0. The second kappa shape index (κ2) is 11.1. The maximum absolute atomic E-state index is 13.3. The Morgan fingerprint density at radius 1 is 1.16 bits per heavy atom. The molecule has 8 heteroatoms. The number of carbonyl (C=O) groups excluding carboxylic acids is 3. The van der Waals surface area contributed by atoms with Crippen LogP contribution in [0, 0.1) is 0 Å². The number of rotatable bonds is 9. The molecule has 0 unspecified atom stereocenters. The predicted molar refractivity (Wildman–Crippen MR) is 115 cm³/mol. The lowest BCUT2D eigenvalue weighted by molar-refractivity contribution is -0.153. The van der Waals surface area contributed by atoms with Crippen molar-refractivity contribution in [2.24, 2.45) is 0 Å². The minimum Gasteiger partial charge on any atom is -0.479 e. The van der Waals surface area contributed by atoms with Crippen LogP contribution < -0.4 is 0 Å². The molecule has 172 valence electrons. The van der Waals surface area contributed by atoms with Crippen molar-refractivity contribution in [1.29, 1.82) is 0 Å². The van der Waals surface area contributed by atoms with Gasteiger partial charge in [0.1, 0.15) is 11.9 Å². The van der Waals surface area contributed by atoms with Gasteiger partial charge < -0.3 is 19.3 Å². The molecule has 32 heavy (non-hydrogen) atoms. The minimum absolute atomic E-state index is 0.156. The quantitative estimate of drug-likeness (QED) is 0.585. The van der Waals surface area contributed by atoms with Crippen molar-refractivity contribution in [3.05, 3.63) is 59.9 Å². The number of amides is 2. The number of nitrogens with zero attached hydrogens (tertiary/aromatic N) is 1. The topological polar surface area (TPSA) is 102 Å². The highest BCUT2D eigenvalue weighted by atomic mass is 16.6. The lowest BCUT2D eigenvalue weighted by Crippen LogP contribution is -2.52. The van der Waals surface area contributed by atoms with Crippen LogP contribution in [0.4, 0.5) is 4.79 Å². The van der Waals surface area contributed by atoms with Crippen LogP contribution in [0.2, 0.25) is 0 Å². The molecule has 2 amide bonds. The zero-order valence-corrected chi connectivity index (χ0v) is 18.3. The van der Waals surface area contributed by atoms with Crippen molar-refractivity contribution in [2.45, 2.75) is 57.0 Å². The van der Waals surface area contributed by atoms with E-state index in [9.17, 15) is 14.4 Å². The number of aliphatic hydroxyl groups is 1. The minimum atomic E-state index is -1.30. The monoisotopic (exact) mass is 443 g/mol. The summed E-state index contributed by atoms with van der Waals surface area (Å²) in [5, 5.41) is 8.86. The van der Waals surface area contributed by atoms with E-state index in [-0.39, 0.29) is 6.61 Å². The van der Waals surface area contributed by atoms with E-state index in [0.717, 1.165) is 29.7 Å². The molecule has 0 aromatic heterocycles. The van der Waals surface area contributed by atoms with Gasteiger partial charge in [-0.15, -0.1) is 0 Å². The third kappa shape index (κ3) is 5.26. The molecule has 0 bridgehead atoms. The number of allylic oxidation sites excluding steroid dienone is 2. The van der Waals surface area contributed by atoms with E-state index in [0.29, 0.717) is 12.2 Å². The fourth-order valence-corrected chi connectivity index (χ4v) is 3.84. The van der Waals surface area contributed by atoms with Crippen LogP contribution in [-0.2, 0) is 23.8 Å². The number of aliphatic hydroxyl groups excluding tert-OH is 1. The van der Waals surface area contributed by atoms with Gasteiger partial charge in [0.15, 0.2) is 18.0 Å². The molecule has 0 spiro atoms. The molecule has 0 radical (unpaired) electrons. The van der Waals surface area contributed by atoms with Gasteiger partial charge >= 0.3 is 6.09 Å². The van der Waals surface area contributed by atoms with E-state index >= 15 is 0 Å². The summed E-state index contributed by atoms with van der Waals surface area (Å²) in [5.74, 6) is -0.630. The van der Waals surface area contributed by atoms with Gasteiger partial charge in [-0.2, -0.15) is 0 Å². The number of hydrogen-bond acceptors (Lipinski definition) is 7. The molecule has 1 aromatic rings. The van der Waals surface area contributed by atoms with Crippen molar-refractivity contribution < 1.29 is 33.7 Å². The first-order valence-electron chi connectivity index (χ1n) is 10.8. The maximum atomic E-state index is 13.3. The third-order valence-electron chi connectivity index (χ3n) is 5.57. The average Bonchev–Trinajstić information content (AvgIpc) is 3.10. The van der Waals surface area contributed by atoms with E-state index in [1.807, 2.05) is 36.4 Å². The van der Waals surface area contributed by atoms with E-state index in [1.165, 1.54) is 13.2 Å². The summed E-state index contributed by atoms with van der Waals surface area (Å²) in [5.41, 5.74) is 0.775. The van der Waals surface area contributed by atoms with Crippen molar-refractivity contribution in [2.75, 3.05) is 13.7 Å². The molecule has 8 nitrogen and oxygen atoms in total. The Labute approximate surface area is 187 Å². The molecule has 4 atom stereocenters. The fourth-order valence-electron chi connectivity index (χ4n) is 3.84. The smallest absolute Gasteiger partial charge is 0.417 e. The van der Waals surface area contributed by atoms with Gasteiger partial charge in [0.05, 0.1) is 6.04 Å². The number of methoxy groups -OCH3 is 1. The number of imide groups is 1. The summed E-state index contributed by atoms with van der Waals surface area (Å²) >= 11 is 0. The molecule has 2 aliphatic rings. The highest BCUT2D eigenvalue weighted by Crippen LogP contribution is 2.33. The second-order valence-electron chi connectivity index (χ2n) is 7.77. The number of benzene rings is 1. The Balaban J connectivity index is 1.72. The Kier molecular flexibility index (Phi) is 8.19. The molecule has 3 rings (SSSR count). The number of unbranched alkanes of at least 4 members (excludes halogenated alkanes) is 3. The second-order valence-corrected chi connectivity index (χ2v) is 7.77. The Morgan fingerprint density at radius 3 is 2.59 bits per heavy atom. The predicted octanol–water partition coefficient (Wildman–Crippen LogP) is 3.07. The van der Waals surface area contributed by atoms with Crippen LogP contribution in [0.5, 0.6) is 0 Å². The SMILES string of the molecule is CO[C@H](C(=O)N1C(=O)O[C@H](c2ccccc2)[C@@H]1C)[C@@H]1OC(=CCCCCCO)C=CC1=O. The number of ketones is 1. The summed E-state index contributed by atoms with van der Waals surface area (Å²) in [6.07, 6.45) is 4.05. The Hall–Kier alpha value is -2.97. The van der Waals surface area contributed by atoms with Crippen molar-refractivity contribution in [3.63, 3.8) is 0 Å². The van der Waals surface area contributed by atoms with E-state index < -0.39 is 42.1 Å². The summed E-state index contributed by atoms with van der Waals surface area (Å²) in [4.78, 5) is 39.3. The van der Waals surface area contributed by atoms with Crippen molar-refractivity contribution in [3.8, 4) is 0 Å². The first-order chi connectivity index (χ1) is 15.5. The summed E-state index contributed by atoms with van der Waals surface area (Å²) in [7, 11) is 1.30. The molecule has 1 saturated heterocycles. The summed E-state index contributed by atoms with van der Waals surface area (Å²) in [6.45, 7) is 1.87. The van der Waals surface area contributed by atoms with Gasteiger partial charge in [0.25, 0.3) is 5.91 Å². The zero-order valence-electron chi connectivity index (χ0n) is 18.3. The van der Waals surface area contributed by atoms with Crippen LogP contribution in [0.25, 0.3) is 0 Å². The van der Waals surface area contributed by atoms with Gasteiger partial charge in [-0.1, -0.05) is 36.8 Å². The lowest BCUT2D eigenvalue weighted by Gasteiger charge is -2.30. The molecular weight excluding hydrogens is 414 g/mol. The van der Waals surface area contributed by atoms with Crippen LogP contribution >= 0.6 is 0 Å². The highest BCUT2D eigenvalue weighted by molar-refractivity contribution is 6.03. The molecule has 0 saturated carbocycles. The van der Waals surface area contributed by atoms with Gasteiger partial charge in [0.2, 0.25) is 0 Å². The molecule has 1 fully saturated rings.